The summed E-state index contributed by atoms with van der Waals surface area (Å²) in [5, 5.41) is 0. The molecule has 0 bridgehead atoms. The van der Waals surface area contributed by atoms with E-state index < -0.39 is 0 Å². The third-order valence-corrected chi connectivity index (χ3v) is 2.44. The van der Waals surface area contributed by atoms with Gasteiger partial charge in [-0.3, -0.25) is 0 Å². The molecule has 0 aliphatic carbocycles. The van der Waals surface area contributed by atoms with Crippen LogP contribution in [0.4, 0.5) is 5.69 Å². The number of rotatable bonds is 4. The smallest absolute Gasteiger partial charge is 0.125 e. The van der Waals surface area contributed by atoms with Crippen LogP contribution in [0.1, 0.15) is 5.82 Å². The van der Waals surface area contributed by atoms with Gasteiger partial charge >= 0.3 is 0 Å². The maximum Gasteiger partial charge on any atom is 0.125 e. The number of nitrogens with one attached hydrogen (secondary N) is 1. The number of hydrogen-bond acceptors (Lipinski definition) is 3. The molecular weight excluding hydrogens is 202 g/mol. The van der Waals surface area contributed by atoms with E-state index in [1.54, 1.807) is 13.3 Å². The van der Waals surface area contributed by atoms with Crippen molar-refractivity contribution in [3.63, 3.8) is 0 Å². The van der Waals surface area contributed by atoms with Gasteiger partial charge in [0.1, 0.15) is 11.6 Å². The molecule has 4 heteroatoms. The van der Waals surface area contributed by atoms with E-state index in [0.717, 1.165) is 23.8 Å². The SMILES string of the molecule is COc1cccc(N(C)Cc2ncc[nH]2)c1. The second-order valence-corrected chi connectivity index (χ2v) is 3.59. The standard InChI is InChI=1S/C12H15N3O/c1-15(9-12-13-6-7-14-12)10-4-3-5-11(8-10)16-2/h3-8H,9H2,1-2H3,(H,13,14). The largest absolute Gasteiger partial charge is 0.497 e. The van der Waals surface area contributed by atoms with Crippen LogP contribution in [0.3, 0.4) is 0 Å². The molecular formula is C12H15N3O. The van der Waals surface area contributed by atoms with Gasteiger partial charge in [0.15, 0.2) is 0 Å². The third kappa shape index (κ3) is 2.34. The molecule has 16 heavy (non-hydrogen) atoms. The van der Waals surface area contributed by atoms with E-state index in [9.17, 15) is 0 Å². The number of H-pyrrole nitrogens is 1. The summed E-state index contributed by atoms with van der Waals surface area (Å²) in [4.78, 5) is 9.39. The first-order valence-corrected chi connectivity index (χ1v) is 5.13. The number of anilines is 1. The Bertz CT molecular complexity index is 439. The Labute approximate surface area is 94.9 Å². The molecule has 1 aromatic carbocycles. The summed E-state index contributed by atoms with van der Waals surface area (Å²) in [5.74, 6) is 1.81. The van der Waals surface area contributed by atoms with Crippen molar-refractivity contribution in [2.45, 2.75) is 6.54 Å². The van der Waals surface area contributed by atoms with Gasteiger partial charge in [-0.15, -0.1) is 0 Å². The number of imidazole rings is 1. The zero-order valence-corrected chi connectivity index (χ0v) is 9.47. The van der Waals surface area contributed by atoms with Crippen molar-refractivity contribution < 1.29 is 4.74 Å². The van der Waals surface area contributed by atoms with E-state index >= 15 is 0 Å². The van der Waals surface area contributed by atoms with Crippen LogP contribution in [-0.2, 0) is 6.54 Å². The molecule has 2 rings (SSSR count). The zero-order chi connectivity index (χ0) is 11.4. The van der Waals surface area contributed by atoms with Crippen molar-refractivity contribution in [2.24, 2.45) is 0 Å². The summed E-state index contributed by atoms with van der Waals surface area (Å²) in [6, 6.07) is 7.96. The highest BCUT2D eigenvalue weighted by Crippen LogP contribution is 2.20. The van der Waals surface area contributed by atoms with Crippen molar-refractivity contribution in [1.82, 2.24) is 9.97 Å². The van der Waals surface area contributed by atoms with Crippen molar-refractivity contribution in [3.8, 4) is 5.75 Å². The first-order chi connectivity index (χ1) is 7.79. The second-order valence-electron chi connectivity index (χ2n) is 3.59. The second kappa shape index (κ2) is 4.70. The van der Waals surface area contributed by atoms with Crippen molar-refractivity contribution in [1.29, 1.82) is 0 Å². The molecule has 1 N–H and O–H groups in total. The summed E-state index contributed by atoms with van der Waals surface area (Å²) in [5.41, 5.74) is 1.11. The number of hydrogen-bond donors (Lipinski definition) is 1. The Hall–Kier alpha value is -1.97. The lowest BCUT2D eigenvalue weighted by molar-refractivity contribution is 0.415. The Morgan fingerprint density at radius 3 is 3.00 bits per heavy atom. The molecule has 4 nitrogen and oxygen atoms in total. The lowest BCUT2D eigenvalue weighted by atomic mass is 10.3. The summed E-state index contributed by atoms with van der Waals surface area (Å²) < 4.78 is 5.19. The van der Waals surface area contributed by atoms with Gasteiger partial charge in [-0.05, 0) is 12.1 Å². The minimum Gasteiger partial charge on any atom is -0.497 e. The van der Waals surface area contributed by atoms with Gasteiger partial charge in [-0.25, -0.2) is 4.98 Å². The van der Waals surface area contributed by atoms with Crippen LogP contribution in [0.15, 0.2) is 36.7 Å². The van der Waals surface area contributed by atoms with Gasteiger partial charge in [0.05, 0.1) is 13.7 Å². The monoisotopic (exact) mass is 217 g/mol. The predicted octanol–water partition coefficient (Wildman–Crippen LogP) is 2.05. The van der Waals surface area contributed by atoms with Crippen molar-refractivity contribution in [2.75, 3.05) is 19.1 Å². The molecule has 0 atom stereocenters. The number of ether oxygens (including phenoxy) is 1. The zero-order valence-electron chi connectivity index (χ0n) is 9.47. The van der Waals surface area contributed by atoms with Gasteiger partial charge in [-0.2, -0.15) is 0 Å². The third-order valence-electron chi connectivity index (χ3n) is 2.44. The molecule has 1 heterocycles. The molecule has 84 valence electrons. The minimum atomic E-state index is 0.750. The van der Waals surface area contributed by atoms with E-state index in [1.165, 1.54) is 0 Å². The number of aromatic nitrogens is 2. The molecule has 0 radical (unpaired) electrons. The number of benzene rings is 1. The number of aromatic amines is 1. The van der Waals surface area contributed by atoms with Gasteiger partial charge in [-0.1, -0.05) is 6.07 Å². The Morgan fingerprint density at radius 1 is 1.44 bits per heavy atom. The molecule has 0 aliphatic rings. The molecule has 0 aliphatic heterocycles. The Morgan fingerprint density at radius 2 is 2.31 bits per heavy atom. The molecule has 0 fully saturated rings. The van der Waals surface area contributed by atoms with Crippen LogP contribution in [0.2, 0.25) is 0 Å². The van der Waals surface area contributed by atoms with Gasteiger partial charge in [0.25, 0.3) is 0 Å². The highest BCUT2D eigenvalue weighted by atomic mass is 16.5. The predicted molar refractivity (Wildman–Crippen MR) is 63.7 cm³/mol. The van der Waals surface area contributed by atoms with E-state index in [0.29, 0.717) is 0 Å². The highest BCUT2D eigenvalue weighted by molar-refractivity contribution is 5.50. The maximum absolute atomic E-state index is 5.19. The van der Waals surface area contributed by atoms with Crippen LogP contribution in [0.25, 0.3) is 0 Å². The first kappa shape index (κ1) is 10.5. The van der Waals surface area contributed by atoms with Crippen molar-refractivity contribution in [3.05, 3.63) is 42.5 Å². The average Bonchev–Trinajstić information content (AvgIpc) is 2.82. The van der Waals surface area contributed by atoms with E-state index in [-0.39, 0.29) is 0 Å². The van der Waals surface area contributed by atoms with Crippen molar-refractivity contribution >= 4 is 5.69 Å². The molecule has 1 aromatic heterocycles. The van der Waals surface area contributed by atoms with Gasteiger partial charge in [0, 0.05) is 31.2 Å². The Balaban J connectivity index is 2.11. The average molecular weight is 217 g/mol. The molecule has 0 saturated heterocycles. The summed E-state index contributed by atoms with van der Waals surface area (Å²) >= 11 is 0. The fourth-order valence-corrected chi connectivity index (χ4v) is 1.55. The van der Waals surface area contributed by atoms with Gasteiger partial charge < -0.3 is 14.6 Å². The molecule has 0 amide bonds. The van der Waals surface area contributed by atoms with Crippen LogP contribution >= 0.6 is 0 Å². The van der Waals surface area contributed by atoms with E-state index in [2.05, 4.69) is 14.9 Å². The maximum atomic E-state index is 5.19. The van der Waals surface area contributed by atoms with E-state index in [4.69, 9.17) is 4.74 Å². The fourth-order valence-electron chi connectivity index (χ4n) is 1.55. The molecule has 0 spiro atoms. The molecule has 0 unspecified atom stereocenters. The summed E-state index contributed by atoms with van der Waals surface area (Å²) in [7, 11) is 3.70. The molecule has 0 saturated carbocycles. The molecule has 2 aromatic rings. The van der Waals surface area contributed by atoms with Crippen LogP contribution in [0.5, 0.6) is 5.75 Å². The van der Waals surface area contributed by atoms with Crippen LogP contribution < -0.4 is 9.64 Å². The van der Waals surface area contributed by atoms with Gasteiger partial charge in [0.2, 0.25) is 0 Å². The van der Waals surface area contributed by atoms with E-state index in [1.807, 2.05) is 37.5 Å². The quantitative estimate of drug-likeness (QED) is 0.852. The topological polar surface area (TPSA) is 41.1 Å². The summed E-state index contributed by atoms with van der Waals surface area (Å²) in [6.45, 7) is 0.750. The van der Waals surface area contributed by atoms with Crippen LogP contribution in [0, 0.1) is 0 Å². The highest BCUT2D eigenvalue weighted by Gasteiger charge is 2.04. The lowest BCUT2D eigenvalue weighted by Crippen LogP contribution is -2.17. The lowest BCUT2D eigenvalue weighted by Gasteiger charge is -2.18. The van der Waals surface area contributed by atoms with Crippen LogP contribution in [-0.4, -0.2) is 24.1 Å². The first-order valence-electron chi connectivity index (χ1n) is 5.13. The Kier molecular flexibility index (Phi) is 3.10. The number of nitrogens with zero attached hydrogens (tertiary/aromatic N) is 2. The normalized spacial score (nSPS) is 10.1. The fraction of sp³-hybridized carbons (Fsp3) is 0.250. The number of methoxy groups -OCH3 is 1. The minimum absolute atomic E-state index is 0.750. The summed E-state index contributed by atoms with van der Waals surface area (Å²) in [6.07, 6.45) is 3.59.